The van der Waals surface area contributed by atoms with Crippen LogP contribution in [0.15, 0.2) is 30.3 Å². The van der Waals surface area contributed by atoms with Crippen LogP contribution in [0.3, 0.4) is 0 Å². The van der Waals surface area contributed by atoms with Crippen LogP contribution in [-0.2, 0) is 4.74 Å². The minimum absolute atomic E-state index is 0.600. The van der Waals surface area contributed by atoms with Gasteiger partial charge in [0, 0.05) is 6.42 Å². The van der Waals surface area contributed by atoms with E-state index in [1.807, 2.05) is 30.3 Å². The van der Waals surface area contributed by atoms with Crippen LogP contribution >= 0.6 is 11.6 Å². The molecule has 0 saturated heterocycles. The summed E-state index contributed by atoms with van der Waals surface area (Å²) in [6.07, 6.45) is 0.102. The zero-order chi connectivity index (χ0) is 15.2. The topological polar surface area (TPSA) is 58.6 Å². The average Bonchev–Trinajstić information content (AvgIpc) is 2.36. The molecule has 0 saturated carbocycles. The predicted molar refractivity (Wildman–Crippen MR) is 79.2 cm³/mol. The van der Waals surface area contributed by atoms with Crippen LogP contribution in [-0.4, -0.2) is 28.9 Å². The number of alkyl carbamates (subject to hydrolysis) is 1. The number of aliphatic hydroxyl groups is 1. The standard InChI is InChI=1S/C15H20ClNO3/c1-15(2,3)20-14(19)17-12(13(18)10-16)9-11-7-5-4-6-8-11/h4-10,12-13,18H,1-3H3,(H,17,19)/t12-,13+/m0/s1. The van der Waals surface area contributed by atoms with Crippen molar-refractivity contribution < 1.29 is 14.6 Å². The number of halogens is 1. The van der Waals surface area contributed by atoms with Crippen molar-refractivity contribution in [3.05, 3.63) is 48.2 Å². The van der Waals surface area contributed by atoms with Crippen molar-refractivity contribution in [2.45, 2.75) is 38.5 Å². The maximum absolute atomic E-state index is 11.8. The molecule has 20 heavy (non-hydrogen) atoms. The molecule has 0 heterocycles. The summed E-state index contributed by atoms with van der Waals surface area (Å²) in [5, 5.41) is 12.4. The normalized spacial score (nSPS) is 14.4. The molecule has 1 aromatic rings. The van der Waals surface area contributed by atoms with E-state index in [1.54, 1.807) is 27.2 Å². The lowest BCUT2D eigenvalue weighted by molar-refractivity contribution is 0.0469. The largest absolute Gasteiger partial charge is 0.444 e. The molecule has 5 heteroatoms. The van der Waals surface area contributed by atoms with E-state index in [1.165, 1.54) is 0 Å². The van der Waals surface area contributed by atoms with E-state index in [4.69, 9.17) is 16.3 Å². The molecule has 1 rings (SSSR count). The van der Waals surface area contributed by atoms with Crippen molar-refractivity contribution in [3.63, 3.8) is 0 Å². The Hall–Kier alpha value is -1.26. The van der Waals surface area contributed by atoms with Crippen LogP contribution in [0.1, 0.15) is 26.3 Å². The fourth-order valence-corrected chi connectivity index (χ4v) is 1.68. The van der Waals surface area contributed by atoms with Gasteiger partial charge in [-0.1, -0.05) is 30.3 Å². The first-order chi connectivity index (χ1) is 9.31. The number of rotatable bonds is 5. The highest BCUT2D eigenvalue weighted by molar-refractivity contribution is 6.23. The molecule has 0 aliphatic heterocycles. The van der Waals surface area contributed by atoms with Gasteiger partial charge in [0.1, 0.15) is 5.60 Å². The lowest BCUT2D eigenvalue weighted by Crippen LogP contribution is -2.45. The van der Waals surface area contributed by atoms with Crippen LogP contribution in [0.4, 0.5) is 4.79 Å². The van der Waals surface area contributed by atoms with Crippen LogP contribution < -0.4 is 5.32 Å². The number of ether oxygens (including phenoxy) is 1. The summed E-state index contributed by atoms with van der Waals surface area (Å²) < 4.78 is 5.16. The number of carbonyl (C=O) groups is 1. The number of aliphatic hydroxyl groups excluding tert-OH is 1. The Morgan fingerprint density at radius 2 is 1.95 bits per heavy atom. The van der Waals surface area contributed by atoms with Gasteiger partial charge in [0.2, 0.25) is 0 Å². The third kappa shape index (κ3) is 6.26. The molecule has 2 radical (unpaired) electrons. The lowest BCUT2D eigenvalue weighted by Gasteiger charge is -2.25. The number of nitrogens with one attached hydrogen (secondary N) is 1. The van der Waals surface area contributed by atoms with Crippen molar-refractivity contribution in [1.29, 1.82) is 0 Å². The fraction of sp³-hybridized carbons (Fsp3) is 0.400. The first-order valence-corrected chi connectivity index (χ1v) is 6.76. The van der Waals surface area contributed by atoms with Crippen molar-refractivity contribution in [1.82, 2.24) is 5.32 Å². The van der Waals surface area contributed by atoms with Crippen LogP contribution in [0.2, 0.25) is 0 Å². The molecule has 2 N–H and O–H groups in total. The van der Waals surface area contributed by atoms with Gasteiger partial charge < -0.3 is 15.2 Å². The summed E-state index contributed by atoms with van der Waals surface area (Å²) in [6, 6.07) is 8.69. The van der Waals surface area contributed by atoms with Crippen molar-refractivity contribution >= 4 is 17.7 Å². The molecule has 0 aromatic heterocycles. The average molecular weight is 298 g/mol. The number of hydrogen-bond donors (Lipinski definition) is 2. The van der Waals surface area contributed by atoms with Gasteiger partial charge in [-0.15, -0.1) is 11.6 Å². The Morgan fingerprint density at radius 3 is 2.45 bits per heavy atom. The number of amides is 1. The molecular formula is C15H20ClNO3. The molecule has 2 atom stereocenters. The Balaban J connectivity index is 2.68. The quantitative estimate of drug-likeness (QED) is 0.878. The molecule has 0 unspecified atom stereocenters. The molecule has 0 aliphatic carbocycles. The Kier molecular flexibility index (Phi) is 6.30. The van der Waals surface area contributed by atoms with Crippen LogP contribution in [0, 0.1) is 12.3 Å². The monoisotopic (exact) mass is 297 g/mol. The SMILES string of the molecule is CC(C)(C)OC(=O)N[C@@H]([CH]c1ccccc1)[C@H](O)[CH]Cl. The first-order valence-electron chi connectivity index (χ1n) is 6.33. The van der Waals surface area contributed by atoms with Crippen LogP contribution in [0.5, 0.6) is 0 Å². The summed E-state index contributed by atoms with van der Waals surface area (Å²) in [5.41, 5.74) is 0.267. The summed E-state index contributed by atoms with van der Waals surface area (Å²) >= 11 is 5.54. The zero-order valence-corrected chi connectivity index (χ0v) is 12.6. The second-order valence-corrected chi connectivity index (χ2v) is 5.62. The highest BCUT2D eigenvalue weighted by Crippen LogP contribution is 2.13. The molecule has 0 fully saturated rings. The maximum Gasteiger partial charge on any atom is 0.407 e. The van der Waals surface area contributed by atoms with E-state index in [9.17, 15) is 9.90 Å². The summed E-state index contributed by atoms with van der Waals surface area (Å²) in [6.45, 7) is 5.31. The third-order valence-corrected chi connectivity index (χ3v) is 2.61. The van der Waals surface area contributed by atoms with E-state index >= 15 is 0 Å². The van der Waals surface area contributed by atoms with Gasteiger partial charge in [-0.3, -0.25) is 0 Å². The molecular weight excluding hydrogens is 278 g/mol. The Labute approximate surface area is 125 Å². The smallest absolute Gasteiger partial charge is 0.407 e. The molecule has 1 amide bonds. The van der Waals surface area contributed by atoms with Crippen molar-refractivity contribution in [3.8, 4) is 0 Å². The highest BCUT2D eigenvalue weighted by atomic mass is 35.5. The van der Waals surface area contributed by atoms with Crippen LogP contribution in [0.25, 0.3) is 0 Å². The molecule has 0 bridgehead atoms. The number of carbonyl (C=O) groups excluding carboxylic acids is 1. The van der Waals surface area contributed by atoms with E-state index in [-0.39, 0.29) is 0 Å². The van der Waals surface area contributed by atoms with E-state index in [0.717, 1.165) is 11.4 Å². The molecule has 1 aromatic carbocycles. The minimum atomic E-state index is -1.01. The van der Waals surface area contributed by atoms with E-state index in [2.05, 4.69) is 5.32 Å². The third-order valence-electron chi connectivity index (χ3n) is 2.35. The van der Waals surface area contributed by atoms with Gasteiger partial charge in [0.05, 0.1) is 18.0 Å². The van der Waals surface area contributed by atoms with Gasteiger partial charge in [-0.2, -0.15) is 0 Å². The minimum Gasteiger partial charge on any atom is -0.444 e. The summed E-state index contributed by atoms with van der Waals surface area (Å²) in [7, 11) is 0. The van der Waals surface area contributed by atoms with Gasteiger partial charge in [-0.25, -0.2) is 4.79 Å². The van der Waals surface area contributed by atoms with Crippen molar-refractivity contribution in [2.75, 3.05) is 0 Å². The molecule has 4 nitrogen and oxygen atoms in total. The fourth-order valence-electron chi connectivity index (χ4n) is 1.52. The second-order valence-electron chi connectivity index (χ2n) is 5.37. The molecule has 0 aliphatic rings. The number of hydrogen-bond acceptors (Lipinski definition) is 3. The predicted octanol–water partition coefficient (Wildman–Crippen LogP) is 2.89. The zero-order valence-electron chi connectivity index (χ0n) is 11.8. The first kappa shape index (κ1) is 16.8. The lowest BCUT2D eigenvalue weighted by atomic mass is 10.0. The Bertz CT molecular complexity index is 417. The summed E-state index contributed by atoms with van der Waals surface area (Å²) in [4.78, 5) is 11.8. The van der Waals surface area contributed by atoms with Gasteiger partial charge in [0.15, 0.2) is 0 Å². The van der Waals surface area contributed by atoms with Crippen molar-refractivity contribution in [2.24, 2.45) is 0 Å². The van der Waals surface area contributed by atoms with Gasteiger partial charge in [-0.05, 0) is 26.3 Å². The van der Waals surface area contributed by atoms with E-state index in [0.29, 0.717) is 0 Å². The maximum atomic E-state index is 11.8. The second kappa shape index (κ2) is 7.50. The molecule has 0 spiro atoms. The Morgan fingerprint density at radius 1 is 1.35 bits per heavy atom. The van der Waals surface area contributed by atoms with Gasteiger partial charge >= 0.3 is 6.09 Å². The highest BCUT2D eigenvalue weighted by Gasteiger charge is 2.24. The van der Waals surface area contributed by atoms with E-state index < -0.39 is 23.8 Å². The van der Waals surface area contributed by atoms with Gasteiger partial charge in [0.25, 0.3) is 0 Å². The number of benzene rings is 1. The summed E-state index contributed by atoms with van der Waals surface area (Å²) in [5.74, 6) is 1.10. The molecule has 110 valence electrons.